The third kappa shape index (κ3) is 17.5. The van der Waals surface area contributed by atoms with Crippen LogP contribution in [0.4, 0.5) is 9.59 Å². The molecule has 0 fully saturated rings. The van der Waals surface area contributed by atoms with E-state index in [0.29, 0.717) is 39.3 Å². The maximum Gasteiger partial charge on any atom is 0.408 e. The zero-order chi connectivity index (χ0) is 55.2. The summed E-state index contributed by atoms with van der Waals surface area (Å²) in [5, 5.41) is 24.8. The summed E-state index contributed by atoms with van der Waals surface area (Å²) >= 11 is 0. The van der Waals surface area contributed by atoms with Crippen LogP contribution in [0.15, 0.2) is 188 Å². The molecule has 17 heteroatoms. The largest absolute Gasteiger partial charge is 0.489 e. The summed E-state index contributed by atoms with van der Waals surface area (Å²) in [5.74, 6) is -2.55. The SMILES string of the molecule is O=C(CNC(=O)[C@@H]1Cc2cc(ccc2OCc2ccccc2)-c2ccc(OCc3ccccc3)c(c2)C[C@H](NC(=O)OCc2ccccc2)C(=O)N[C@@H](C[C@@H](O)CNC(=O)OCc2ccccc2)C(=O)N1)OCc1ccccc1. The van der Waals surface area contributed by atoms with Crippen LogP contribution >= 0.6 is 0 Å². The van der Waals surface area contributed by atoms with Gasteiger partial charge >= 0.3 is 18.2 Å². The van der Waals surface area contributed by atoms with Crippen LogP contribution in [0, 0.1) is 0 Å². The fourth-order valence-corrected chi connectivity index (χ4v) is 8.53. The van der Waals surface area contributed by atoms with Gasteiger partial charge in [-0.3, -0.25) is 19.2 Å². The zero-order valence-corrected chi connectivity index (χ0v) is 43.2. The van der Waals surface area contributed by atoms with Crippen molar-refractivity contribution in [3.05, 3.63) is 227 Å². The van der Waals surface area contributed by atoms with Crippen LogP contribution < -0.4 is 36.1 Å². The molecule has 1 aliphatic heterocycles. The van der Waals surface area contributed by atoms with E-state index in [-0.39, 0.29) is 45.9 Å². The summed E-state index contributed by atoms with van der Waals surface area (Å²) in [6.07, 6.45) is -4.18. The lowest BCUT2D eigenvalue weighted by atomic mass is 9.95. The van der Waals surface area contributed by atoms with Crippen LogP contribution in [0.25, 0.3) is 11.1 Å². The van der Waals surface area contributed by atoms with Crippen molar-refractivity contribution < 1.29 is 57.6 Å². The van der Waals surface area contributed by atoms with E-state index in [9.17, 15) is 33.9 Å². The number of fused-ring (bicyclic) bond motifs is 5. The molecule has 0 radical (unpaired) electrons. The summed E-state index contributed by atoms with van der Waals surface area (Å²) in [6.45, 7) is -0.878. The number of carbonyl (C=O) groups excluding carboxylic acids is 6. The molecule has 0 saturated carbocycles. The maximum atomic E-state index is 14.9. The zero-order valence-electron chi connectivity index (χ0n) is 43.2. The number of carbonyl (C=O) groups is 6. The minimum Gasteiger partial charge on any atom is -0.489 e. The molecule has 7 aromatic carbocycles. The van der Waals surface area contributed by atoms with E-state index in [1.165, 1.54) is 0 Å². The van der Waals surface area contributed by atoms with E-state index in [1.807, 2.05) is 103 Å². The summed E-state index contributed by atoms with van der Waals surface area (Å²) in [7, 11) is 0. The molecule has 0 saturated heterocycles. The van der Waals surface area contributed by atoms with E-state index in [4.69, 9.17) is 23.7 Å². The van der Waals surface area contributed by atoms with Crippen LogP contribution in [0.3, 0.4) is 0 Å². The highest BCUT2D eigenvalue weighted by Crippen LogP contribution is 2.33. The van der Waals surface area contributed by atoms with Crippen molar-refractivity contribution in [1.82, 2.24) is 26.6 Å². The molecule has 5 amide bonds. The lowest BCUT2D eigenvalue weighted by Crippen LogP contribution is -2.58. The summed E-state index contributed by atoms with van der Waals surface area (Å²) in [5.41, 5.74) is 6.20. The van der Waals surface area contributed by atoms with Gasteiger partial charge in [-0.2, -0.15) is 0 Å². The van der Waals surface area contributed by atoms with Gasteiger partial charge in [0.05, 0.1) is 6.10 Å². The van der Waals surface area contributed by atoms with Gasteiger partial charge in [0.15, 0.2) is 0 Å². The lowest BCUT2D eigenvalue weighted by molar-refractivity contribution is -0.145. The van der Waals surface area contributed by atoms with Crippen LogP contribution in [-0.2, 0) is 79.3 Å². The van der Waals surface area contributed by atoms with Crippen molar-refractivity contribution in [2.75, 3.05) is 13.1 Å². The molecule has 6 N–H and O–H groups in total. The smallest absolute Gasteiger partial charge is 0.408 e. The Morgan fingerprint density at radius 2 is 0.949 bits per heavy atom. The van der Waals surface area contributed by atoms with E-state index in [2.05, 4.69) is 26.6 Å². The normalized spacial score (nSPS) is 15.5. The van der Waals surface area contributed by atoms with Crippen molar-refractivity contribution in [3.8, 4) is 22.6 Å². The Bertz CT molecular complexity index is 3130. The van der Waals surface area contributed by atoms with Crippen molar-refractivity contribution >= 4 is 35.9 Å². The third-order valence-corrected chi connectivity index (χ3v) is 12.7. The van der Waals surface area contributed by atoms with Gasteiger partial charge in [-0.05, 0) is 74.3 Å². The minimum atomic E-state index is -1.62. The molecule has 0 unspecified atom stereocenters. The third-order valence-electron chi connectivity index (χ3n) is 12.7. The first-order valence-corrected chi connectivity index (χ1v) is 25.8. The van der Waals surface area contributed by atoms with Gasteiger partial charge in [0.1, 0.15) is 69.2 Å². The standard InChI is InChI=1S/C62H61N5O12/c68-51(35-64-61(73)78-40-45-22-12-4-13-23-45)34-54-60(72)65-52(58(70)63-36-57(69)77-39-44-20-10-3-11-21-44)32-49-30-47(26-28-55(49)75-37-42-16-6-1-7-17-42)48-27-29-56(76-38-43-18-8-2-9-19-43)50(31-48)33-53(59(71)66-54)67-62(74)79-41-46-24-14-5-15-25-46/h1-31,51-54,68H,32-41H2,(H,63,70)(H,64,73)(H,65,72)(H,66,71)(H,67,74)/t51-,52+,53+,54+/m1/s1. The molecule has 1 aliphatic rings. The summed E-state index contributed by atoms with van der Waals surface area (Å²) < 4.78 is 29.2. The first kappa shape index (κ1) is 55.7. The maximum absolute atomic E-state index is 14.9. The number of nitrogens with one attached hydrogen (secondary N) is 5. The number of aliphatic hydroxyl groups excluding tert-OH is 1. The molecule has 79 heavy (non-hydrogen) atoms. The van der Waals surface area contributed by atoms with Gasteiger partial charge in [0, 0.05) is 25.8 Å². The Labute approximate surface area is 457 Å². The van der Waals surface area contributed by atoms with E-state index < -0.39 is 79.6 Å². The number of hydrogen-bond acceptors (Lipinski definition) is 12. The van der Waals surface area contributed by atoms with Gasteiger partial charge < -0.3 is 55.4 Å². The lowest BCUT2D eigenvalue weighted by Gasteiger charge is -2.27. The number of alkyl carbamates (subject to hydrolysis) is 2. The molecule has 406 valence electrons. The van der Waals surface area contributed by atoms with Crippen molar-refractivity contribution in [2.45, 2.75) is 76.5 Å². The molecule has 4 bridgehead atoms. The van der Waals surface area contributed by atoms with Crippen molar-refractivity contribution in [1.29, 1.82) is 0 Å². The average molecular weight is 1070 g/mol. The number of esters is 1. The van der Waals surface area contributed by atoms with Crippen molar-refractivity contribution in [2.24, 2.45) is 0 Å². The van der Waals surface area contributed by atoms with E-state index >= 15 is 0 Å². The first-order chi connectivity index (χ1) is 38.5. The number of aliphatic hydroxyl groups is 1. The molecule has 8 rings (SSSR count). The van der Waals surface area contributed by atoms with E-state index in [1.54, 1.807) is 84.9 Å². The van der Waals surface area contributed by atoms with Crippen LogP contribution in [-0.4, -0.2) is 78.3 Å². The highest BCUT2D eigenvalue weighted by atomic mass is 16.6. The van der Waals surface area contributed by atoms with Crippen LogP contribution in [0.1, 0.15) is 45.4 Å². The molecule has 17 nitrogen and oxygen atoms in total. The summed E-state index contributed by atoms with van der Waals surface area (Å²) in [6, 6.07) is 52.2. The Balaban J connectivity index is 1.15. The quantitative estimate of drug-likeness (QED) is 0.0324. The number of amides is 5. The topological polar surface area (TPSA) is 229 Å². The molecule has 0 spiro atoms. The van der Waals surface area contributed by atoms with E-state index in [0.717, 1.165) is 22.3 Å². The second-order valence-electron chi connectivity index (χ2n) is 18.7. The Kier molecular flexibility index (Phi) is 20.2. The fraction of sp³-hybridized carbons (Fsp3) is 0.226. The predicted molar refractivity (Wildman–Crippen MR) is 293 cm³/mol. The van der Waals surface area contributed by atoms with Crippen molar-refractivity contribution in [3.63, 3.8) is 0 Å². The molecule has 4 atom stereocenters. The fourth-order valence-electron chi connectivity index (χ4n) is 8.53. The molecular weight excluding hydrogens is 1010 g/mol. The van der Waals surface area contributed by atoms with Gasteiger partial charge in [-0.1, -0.05) is 164 Å². The molecule has 0 aliphatic carbocycles. The molecule has 1 heterocycles. The summed E-state index contributed by atoms with van der Waals surface area (Å²) in [4.78, 5) is 83.8. The van der Waals surface area contributed by atoms with Gasteiger partial charge in [0.25, 0.3) is 0 Å². The second kappa shape index (κ2) is 28.6. The number of rotatable bonds is 20. The molecule has 0 aromatic heterocycles. The number of benzene rings is 7. The predicted octanol–water partition coefficient (Wildman–Crippen LogP) is 7.41. The second-order valence-corrected chi connectivity index (χ2v) is 18.7. The number of ether oxygens (including phenoxy) is 5. The van der Waals surface area contributed by atoms with Gasteiger partial charge in [-0.25, -0.2) is 9.59 Å². The van der Waals surface area contributed by atoms with Crippen LogP contribution in [0.2, 0.25) is 0 Å². The number of hydrogen-bond donors (Lipinski definition) is 6. The van der Waals surface area contributed by atoms with Gasteiger partial charge in [-0.15, -0.1) is 0 Å². The Morgan fingerprint density at radius 3 is 1.44 bits per heavy atom. The Morgan fingerprint density at radius 1 is 0.506 bits per heavy atom. The minimum absolute atomic E-state index is 0.0453. The highest BCUT2D eigenvalue weighted by molar-refractivity contribution is 5.95. The highest BCUT2D eigenvalue weighted by Gasteiger charge is 2.33. The average Bonchev–Trinajstić information content (AvgIpc) is 3.50. The van der Waals surface area contributed by atoms with Crippen LogP contribution in [0.5, 0.6) is 11.5 Å². The molecular formula is C62H61N5O12. The molecule has 7 aromatic rings. The first-order valence-electron chi connectivity index (χ1n) is 25.8. The monoisotopic (exact) mass is 1070 g/mol. The van der Waals surface area contributed by atoms with Gasteiger partial charge in [0.2, 0.25) is 17.7 Å². The Hall–Kier alpha value is -9.48.